The van der Waals surface area contributed by atoms with Crippen molar-refractivity contribution in [1.82, 2.24) is 0 Å². The molecule has 0 fully saturated rings. The molecule has 3 heteroatoms. The zero-order valence-electron chi connectivity index (χ0n) is 10.8. The van der Waals surface area contributed by atoms with E-state index in [9.17, 15) is 0 Å². The van der Waals surface area contributed by atoms with Gasteiger partial charge in [0.1, 0.15) is 0 Å². The van der Waals surface area contributed by atoms with Gasteiger partial charge >= 0.3 is 0 Å². The molecule has 0 radical (unpaired) electrons. The van der Waals surface area contributed by atoms with Crippen LogP contribution in [0.3, 0.4) is 0 Å². The first kappa shape index (κ1) is 14.1. The van der Waals surface area contributed by atoms with E-state index in [0.717, 1.165) is 6.42 Å². The maximum Gasteiger partial charge on any atom is 0.220 e. The van der Waals surface area contributed by atoms with Crippen molar-refractivity contribution in [2.75, 3.05) is 7.11 Å². The molecule has 98 valence electrons. The van der Waals surface area contributed by atoms with Gasteiger partial charge in [0.15, 0.2) is 0 Å². The third kappa shape index (κ3) is 4.37. The molecule has 0 N–H and O–H groups in total. The Labute approximate surface area is 124 Å². The SMILES string of the molecule is COC(=S)SC(Cc1ccccc1)c1ccccc1. The van der Waals surface area contributed by atoms with E-state index < -0.39 is 0 Å². The van der Waals surface area contributed by atoms with E-state index in [0.29, 0.717) is 4.38 Å². The number of hydrogen-bond acceptors (Lipinski definition) is 3. The molecule has 0 saturated carbocycles. The number of benzene rings is 2. The lowest BCUT2D eigenvalue weighted by atomic mass is 10.0. The minimum Gasteiger partial charge on any atom is -0.482 e. The van der Waals surface area contributed by atoms with E-state index in [2.05, 4.69) is 48.5 Å². The van der Waals surface area contributed by atoms with Crippen LogP contribution in [0.2, 0.25) is 0 Å². The standard InChI is InChI=1S/C16H16OS2/c1-17-16(18)19-15(14-10-6-3-7-11-14)12-13-8-4-2-5-9-13/h2-11,15H,12H2,1H3. The molecule has 0 aliphatic carbocycles. The predicted molar refractivity (Wildman–Crippen MR) is 86.5 cm³/mol. The van der Waals surface area contributed by atoms with Crippen LogP contribution in [0, 0.1) is 0 Å². The average molecular weight is 288 g/mol. The Bertz CT molecular complexity index is 511. The van der Waals surface area contributed by atoms with Crippen molar-refractivity contribution in [3.05, 3.63) is 71.8 Å². The highest BCUT2D eigenvalue weighted by molar-refractivity contribution is 8.22. The van der Waals surface area contributed by atoms with Gasteiger partial charge in [-0.2, -0.15) is 0 Å². The number of thioether (sulfide) groups is 1. The van der Waals surface area contributed by atoms with Crippen LogP contribution in [0.4, 0.5) is 0 Å². The Morgan fingerprint density at radius 2 is 1.63 bits per heavy atom. The van der Waals surface area contributed by atoms with Gasteiger partial charge < -0.3 is 4.74 Å². The van der Waals surface area contributed by atoms with Gasteiger partial charge in [0, 0.05) is 5.25 Å². The van der Waals surface area contributed by atoms with E-state index >= 15 is 0 Å². The zero-order valence-corrected chi connectivity index (χ0v) is 12.4. The molecule has 0 saturated heterocycles. The lowest BCUT2D eigenvalue weighted by Gasteiger charge is -2.17. The minimum absolute atomic E-state index is 0.288. The molecule has 0 amide bonds. The van der Waals surface area contributed by atoms with Crippen molar-refractivity contribution in [3.63, 3.8) is 0 Å². The van der Waals surface area contributed by atoms with Gasteiger partial charge in [-0.05, 0) is 29.8 Å². The molecule has 0 heterocycles. The molecule has 1 nitrogen and oxygen atoms in total. The summed E-state index contributed by atoms with van der Waals surface area (Å²) < 4.78 is 5.72. The Morgan fingerprint density at radius 1 is 1.05 bits per heavy atom. The first-order chi connectivity index (χ1) is 9.29. The largest absolute Gasteiger partial charge is 0.482 e. The number of rotatable bonds is 4. The van der Waals surface area contributed by atoms with Crippen LogP contribution in [0.25, 0.3) is 0 Å². The third-order valence-electron chi connectivity index (χ3n) is 2.84. The molecule has 19 heavy (non-hydrogen) atoms. The molecule has 0 aliphatic rings. The average Bonchev–Trinajstić information content (AvgIpc) is 2.48. The van der Waals surface area contributed by atoms with Gasteiger partial charge in [-0.3, -0.25) is 0 Å². The highest BCUT2D eigenvalue weighted by atomic mass is 32.2. The fourth-order valence-electron chi connectivity index (χ4n) is 1.89. The number of hydrogen-bond donors (Lipinski definition) is 0. The highest BCUT2D eigenvalue weighted by Gasteiger charge is 2.15. The molecular formula is C16H16OS2. The van der Waals surface area contributed by atoms with Crippen molar-refractivity contribution in [1.29, 1.82) is 0 Å². The monoisotopic (exact) mass is 288 g/mol. The van der Waals surface area contributed by atoms with E-state index in [-0.39, 0.29) is 5.25 Å². The van der Waals surface area contributed by atoms with Gasteiger partial charge in [-0.15, -0.1) is 0 Å². The summed E-state index contributed by atoms with van der Waals surface area (Å²) in [6, 6.07) is 20.9. The summed E-state index contributed by atoms with van der Waals surface area (Å²) >= 11 is 6.79. The van der Waals surface area contributed by atoms with Gasteiger partial charge in [0.05, 0.1) is 7.11 Å². The Morgan fingerprint density at radius 3 is 2.21 bits per heavy atom. The molecule has 1 unspecified atom stereocenters. The van der Waals surface area contributed by atoms with Crippen LogP contribution in [0.1, 0.15) is 16.4 Å². The number of ether oxygens (including phenoxy) is 1. The third-order valence-corrected chi connectivity index (χ3v) is 4.38. The van der Waals surface area contributed by atoms with Gasteiger partial charge in [0.25, 0.3) is 0 Å². The molecule has 2 aromatic carbocycles. The van der Waals surface area contributed by atoms with Crippen LogP contribution in [-0.4, -0.2) is 11.5 Å². The maximum atomic E-state index is 5.19. The predicted octanol–water partition coefficient (Wildman–Crippen LogP) is 4.63. The van der Waals surface area contributed by atoms with Gasteiger partial charge in [0.2, 0.25) is 4.38 Å². The normalized spacial score (nSPS) is 11.8. The summed E-state index contributed by atoms with van der Waals surface area (Å²) in [6.07, 6.45) is 0.943. The van der Waals surface area contributed by atoms with Crippen LogP contribution >= 0.6 is 24.0 Å². The first-order valence-electron chi connectivity index (χ1n) is 6.13. The molecule has 1 atom stereocenters. The summed E-state index contributed by atoms with van der Waals surface area (Å²) in [4.78, 5) is 0. The fraction of sp³-hybridized carbons (Fsp3) is 0.188. The zero-order chi connectivity index (χ0) is 13.5. The van der Waals surface area contributed by atoms with E-state index in [1.165, 1.54) is 11.1 Å². The fourth-order valence-corrected chi connectivity index (χ4v) is 3.13. The van der Waals surface area contributed by atoms with Crippen molar-refractivity contribution in [2.24, 2.45) is 0 Å². The minimum atomic E-state index is 0.288. The van der Waals surface area contributed by atoms with Crippen LogP contribution < -0.4 is 0 Å². The Hall–Kier alpha value is -1.32. The van der Waals surface area contributed by atoms with E-state index in [1.54, 1.807) is 18.9 Å². The smallest absolute Gasteiger partial charge is 0.220 e. The Balaban J connectivity index is 2.17. The topological polar surface area (TPSA) is 9.23 Å². The van der Waals surface area contributed by atoms with Crippen LogP contribution in [0.5, 0.6) is 0 Å². The summed E-state index contributed by atoms with van der Waals surface area (Å²) in [5.74, 6) is 0. The lowest BCUT2D eigenvalue weighted by Crippen LogP contribution is -2.03. The van der Waals surface area contributed by atoms with Crippen molar-refractivity contribution in [3.8, 4) is 0 Å². The second-order valence-electron chi connectivity index (χ2n) is 4.16. The van der Waals surface area contributed by atoms with Gasteiger partial charge in [-0.25, -0.2) is 0 Å². The molecule has 0 spiro atoms. The van der Waals surface area contributed by atoms with Gasteiger partial charge in [-0.1, -0.05) is 72.4 Å². The second kappa shape index (κ2) is 7.31. The molecule has 2 rings (SSSR count). The molecule has 0 bridgehead atoms. The van der Waals surface area contributed by atoms with E-state index in [1.807, 2.05) is 12.1 Å². The van der Waals surface area contributed by atoms with Crippen LogP contribution in [-0.2, 0) is 11.2 Å². The summed E-state index contributed by atoms with van der Waals surface area (Å²) in [6.45, 7) is 0. The Kier molecular flexibility index (Phi) is 5.43. The molecule has 0 aromatic heterocycles. The maximum absolute atomic E-state index is 5.19. The molecule has 0 aliphatic heterocycles. The number of methoxy groups -OCH3 is 1. The second-order valence-corrected chi connectivity index (χ2v) is 5.97. The first-order valence-corrected chi connectivity index (χ1v) is 7.42. The summed E-state index contributed by atoms with van der Waals surface area (Å²) in [5.41, 5.74) is 2.58. The lowest BCUT2D eigenvalue weighted by molar-refractivity contribution is 0.426. The van der Waals surface area contributed by atoms with E-state index in [4.69, 9.17) is 17.0 Å². The van der Waals surface area contributed by atoms with Crippen LogP contribution in [0.15, 0.2) is 60.7 Å². The molecule has 2 aromatic rings. The highest BCUT2D eigenvalue weighted by Crippen LogP contribution is 2.33. The van der Waals surface area contributed by atoms with Crippen molar-refractivity contribution < 1.29 is 4.74 Å². The summed E-state index contributed by atoms with van der Waals surface area (Å²) in [5, 5.41) is 0.288. The summed E-state index contributed by atoms with van der Waals surface area (Å²) in [7, 11) is 1.62. The number of thiocarbonyl (C=S) groups is 1. The van der Waals surface area contributed by atoms with Crippen molar-refractivity contribution in [2.45, 2.75) is 11.7 Å². The molecular weight excluding hydrogens is 272 g/mol. The quantitative estimate of drug-likeness (QED) is 0.759. The van der Waals surface area contributed by atoms with Crippen molar-refractivity contribution >= 4 is 28.4 Å².